The van der Waals surface area contributed by atoms with Crippen LogP contribution in [0.15, 0.2) is 0 Å². The molecule has 62 valence electrons. The summed E-state index contributed by atoms with van der Waals surface area (Å²) in [5.74, 6) is -0.737. The van der Waals surface area contributed by atoms with Gasteiger partial charge in [0.1, 0.15) is 0 Å². The molecule has 0 spiro atoms. The molecule has 0 aliphatic heterocycles. The van der Waals surface area contributed by atoms with Gasteiger partial charge in [-0.25, -0.2) is 0 Å². The zero-order valence-corrected chi connectivity index (χ0v) is 6.76. The van der Waals surface area contributed by atoms with Crippen LogP contribution in [-0.2, 0) is 4.79 Å². The van der Waals surface area contributed by atoms with E-state index >= 15 is 0 Å². The summed E-state index contributed by atoms with van der Waals surface area (Å²) in [5, 5.41) is 8.64. The molecule has 0 rings (SSSR count). The third-order valence-electron chi connectivity index (χ3n) is 1.62. The summed E-state index contributed by atoms with van der Waals surface area (Å²) in [6.45, 7) is 4.04. The Morgan fingerprint density at radius 1 is 1.27 bits per heavy atom. The van der Waals surface area contributed by atoms with Gasteiger partial charge in [0.25, 0.3) is 0 Å². The topological polar surface area (TPSA) is 37.3 Å². The molecule has 0 amide bonds. The summed E-state index contributed by atoms with van der Waals surface area (Å²) in [6.07, 6.45) is 3.58. The number of carboxylic acid groups (broad SMARTS) is 1. The predicted octanol–water partition coefficient (Wildman–Crippen LogP) is 1.64. The molecule has 0 unspecified atom stereocenters. The Morgan fingerprint density at radius 3 is 1.82 bits per heavy atom. The maximum atomic E-state index is 10.5. The Kier molecular flexibility index (Phi) is 13.1. The monoisotopic (exact) mass is 278 g/mol. The van der Waals surface area contributed by atoms with Gasteiger partial charge in [-0.15, -0.1) is 0 Å². The summed E-state index contributed by atoms with van der Waals surface area (Å²) in [6, 6.07) is 0. The minimum absolute atomic E-state index is 0. The fraction of sp³-hybridized carbons (Fsp3) is 0.875. The van der Waals surface area contributed by atoms with Gasteiger partial charge in [0.15, 0.2) is 0 Å². The first kappa shape index (κ1) is 15.0. The fourth-order valence-electron chi connectivity index (χ4n) is 1.09. The number of hydrogen-bond donors (Lipinski definition) is 1. The molecule has 0 aromatic heterocycles. The van der Waals surface area contributed by atoms with E-state index in [9.17, 15) is 4.79 Å². The van der Waals surface area contributed by atoms with Crippen LogP contribution in [0, 0.1) is 5.92 Å². The summed E-state index contributed by atoms with van der Waals surface area (Å²) < 4.78 is 0. The molecule has 0 aromatic rings. The molecule has 0 saturated heterocycles. The molecule has 0 aromatic carbocycles. The van der Waals surface area contributed by atoms with E-state index in [1.807, 2.05) is 13.8 Å². The quantitative estimate of drug-likeness (QED) is 0.830. The molecule has 0 saturated carbocycles. The Morgan fingerprint density at radius 2 is 1.64 bits per heavy atom. The molecule has 0 bridgehead atoms. The Bertz CT molecular complexity index is 98.3. The van der Waals surface area contributed by atoms with Crippen LogP contribution in [0.3, 0.4) is 0 Å². The third kappa shape index (κ3) is 7.87. The van der Waals surface area contributed by atoms with Crippen molar-refractivity contribution in [1.82, 2.24) is 0 Å². The molecule has 0 fully saturated rings. The van der Waals surface area contributed by atoms with E-state index in [0.717, 1.165) is 25.7 Å². The van der Waals surface area contributed by atoms with E-state index in [1.54, 1.807) is 0 Å². The standard InChI is InChI=1S/C8H16O2.Cs.H/c1-3-5-7(6-4-2)8(9)10;;/h7H,3-6H2,1-2H3,(H,9,10);;. The van der Waals surface area contributed by atoms with E-state index in [-0.39, 0.29) is 74.8 Å². The normalized spacial score (nSPS) is 9.36. The number of aliphatic carboxylic acids is 1. The second kappa shape index (κ2) is 9.61. The second-order valence-electron chi connectivity index (χ2n) is 2.61. The van der Waals surface area contributed by atoms with Gasteiger partial charge < -0.3 is 5.11 Å². The van der Waals surface area contributed by atoms with Crippen LogP contribution in [0.25, 0.3) is 0 Å². The van der Waals surface area contributed by atoms with Crippen molar-refractivity contribution < 1.29 is 9.90 Å². The SMILES string of the molecule is CCCC(CCC)C(=O)O.[CsH]. The molecule has 0 radical (unpaired) electrons. The van der Waals surface area contributed by atoms with Crippen LogP contribution >= 0.6 is 0 Å². The summed E-state index contributed by atoms with van der Waals surface area (Å²) in [7, 11) is 0. The summed E-state index contributed by atoms with van der Waals surface area (Å²) in [5.41, 5.74) is 0. The Balaban J connectivity index is 0. The van der Waals surface area contributed by atoms with Crippen LogP contribution in [0.4, 0.5) is 0 Å². The Hall–Kier alpha value is 1.52. The van der Waals surface area contributed by atoms with Crippen molar-refractivity contribution in [2.24, 2.45) is 5.92 Å². The van der Waals surface area contributed by atoms with Gasteiger partial charge in [0.2, 0.25) is 0 Å². The molecular weight excluding hydrogens is 261 g/mol. The molecule has 0 heterocycles. The van der Waals surface area contributed by atoms with Gasteiger partial charge in [-0.2, -0.15) is 0 Å². The first-order valence-electron chi connectivity index (χ1n) is 3.95. The van der Waals surface area contributed by atoms with Crippen molar-refractivity contribution >= 4 is 74.9 Å². The zero-order valence-electron chi connectivity index (χ0n) is 6.76. The Labute approximate surface area is 128 Å². The molecular formula is C8H17CsO2. The third-order valence-corrected chi connectivity index (χ3v) is 1.62. The van der Waals surface area contributed by atoms with E-state index in [4.69, 9.17) is 5.11 Å². The summed E-state index contributed by atoms with van der Waals surface area (Å²) >= 11 is 0. The molecule has 0 aliphatic rings. The maximum absolute atomic E-state index is 10.5. The van der Waals surface area contributed by atoms with Gasteiger partial charge in [-0.1, -0.05) is 26.7 Å². The van der Waals surface area contributed by atoms with Crippen LogP contribution in [0.2, 0.25) is 0 Å². The molecule has 0 aliphatic carbocycles. The predicted molar refractivity (Wildman–Crippen MR) is 48.1 cm³/mol. The van der Waals surface area contributed by atoms with Crippen LogP contribution in [0.5, 0.6) is 0 Å². The molecule has 2 nitrogen and oxygen atoms in total. The van der Waals surface area contributed by atoms with Gasteiger partial charge in [-0.05, 0) is 12.8 Å². The van der Waals surface area contributed by atoms with Gasteiger partial charge in [0, 0.05) is 0 Å². The zero-order chi connectivity index (χ0) is 7.98. The number of rotatable bonds is 5. The number of carbonyl (C=O) groups is 1. The first-order chi connectivity index (χ1) is 4.72. The van der Waals surface area contributed by atoms with E-state index in [1.165, 1.54) is 0 Å². The van der Waals surface area contributed by atoms with Crippen molar-refractivity contribution in [3.63, 3.8) is 0 Å². The molecule has 3 heteroatoms. The van der Waals surface area contributed by atoms with Crippen LogP contribution in [-0.4, -0.2) is 80.0 Å². The average Bonchev–Trinajstić information content (AvgIpc) is 1.87. The summed E-state index contributed by atoms with van der Waals surface area (Å²) in [4.78, 5) is 10.5. The fourth-order valence-corrected chi connectivity index (χ4v) is 1.09. The minimum atomic E-state index is -0.635. The van der Waals surface area contributed by atoms with Crippen LogP contribution in [0.1, 0.15) is 39.5 Å². The molecule has 1 N–H and O–H groups in total. The van der Waals surface area contributed by atoms with Gasteiger partial charge >= 0.3 is 74.9 Å². The van der Waals surface area contributed by atoms with E-state index in [0.29, 0.717) is 0 Å². The van der Waals surface area contributed by atoms with Crippen molar-refractivity contribution in [2.75, 3.05) is 0 Å². The van der Waals surface area contributed by atoms with Crippen molar-refractivity contribution in [3.8, 4) is 0 Å². The van der Waals surface area contributed by atoms with Gasteiger partial charge in [0.05, 0.1) is 5.92 Å². The average molecular weight is 278 g/mol. The van der Waals surface area contributed by atoms with Crippen LogP contribution < -0.4 is 0 Å². The molecule has 0 atom stereocenters. The van der Waals surface area contributed by atoms with Crippen molar-refractivity contribution in [3.05, 3.63) is 0 Å². The first-order valence-corrected chi connectivity index (χ1v) is 3.95. The molecule has 11 heavy (non-hydrogen) atoms. The number of carboxylic acids is 1. The van der Waals surface area contributed by atoms with Crippen molar-refractivity contribution in [1.29, 1.82) is 0 Å². The number of hydrogen-bond acceptors (Lipinski definition) is 1. The van der Waals surface area contributed by atoms with Gasteiger partial charge in [-0.3, -0.25) is 4.79 Å². The van der Waals surface area contributed by atoms with E-state index < -0.39 is 5.97 Å². The van der Waals surface area contributed by atoms with E-state index in [2.05, 4.69) is 0 Å². The second-order valence-corrected chi connectivity index (χ2v) is 2.61. The van der Waals surface area contributed by atoms with Crippen molar-refractivity contribution in [2.45, 2.75) is 39.5 Å².